The average molecular weight is 390 g/mol. The summed E-state index contributed by atoms with van der Waals surface area (Å²) in [7, 11) is 1.55. The second-order valence-electron chi connectivity index (χ2n) is 4.98. The van der Waals surface area contributed by atoms with E-state index in [0.29, 0.717) is 16.3 Å². The van der Waals surface area contributed by atoms with Crippen LogP contribution in [0.4, 0.5) is 0 Å². The molecule has 0 saturated heterocycles. The third-order valence-corrected chi connectivity index (χ3v) is 3.64. The summed E-state index contributed by atoms with van der Waals surface area (Å²) in [4.78, 5) is 23.8. The van der Waals surface area contributed by atoms with Crippen LogP contribution in [0.5, 0.6) is 5.75 Å². The molecule has 0 heterocycles. The third kappa shape index (κ3) is 5.87. The van der Waals surface area contributed by atoms with Gasteiger partial charge < -0.3 is 4.74 Å². The summed E-state index contributed by atoms with van der Waals surface area (Å²) in [5.74, 6) is -0.218. The number of ether oxygens (including phenoxy) is 1. The number of hydrogen-bond donors (Lipinski definition) is 3. The maximum Gasteiger partial charge on any atom is 0.269 e. The van der Waals surface area contributed by atoms with Crippen molar-refractivity contribution in [1.82, 2.24) is 16.2 Å². The van der Waals surface area contributed by atoms with Crippen LogP contribution < -0.4 is 20.9 Å². The predicted octanol–water partition coefficient (Wildman–Crippen LogP) is 2.70. The van der Waals surface area contributed by atoms with E-state index in [1.165, 1.54) is 6.08 Å². The summed E-state index contributed by atoms with van der Waals surface area (Å²) < 4.78 is 5.20. The Labute approximate surface area is 161 Å². The molecule has 0 spiro atoms. The van der Waals surface area contributed by atoms with Gasteiger partial charge in [0.25, 0.3) is 5.91 Å². The van der Waals surface area contributed by atoms with Crippen molar-refractivity contribution >= 4 is 46.8 Å². The van der Waals surface area contributed by atoms with Crippen molar-refractivity contribution in [3.63, 3.8) is 0 Å². The van der Waals surface area contributed by atoms with Crippen molar-refractivity contribution in [2.75, 3.05) is 7.11 Å². The van der Waals surface area contributed by atoms with Crippen molar-refractivity contribution in [2.24, 2.45) is 0 Å². The van der Waals surface area contributed by atoms with Gasteiger partial charge in [-0.3, -0.25) is 25.8 Å². The maximum atomic E-state index is 11.9. The Bertz CT molecular complexity index is 838. The second kappa shape index (κ2) is 9.55. The lowest BCUT2D eigenvalue weighted by Gasteiger charge is -2.09. The van der Waals surface area contributed by atoms with Gasteiger partial charge in [0.1, 0.15) is 5.75 Å². The number of para-hydroxylation sites is 1. The van der Waals surface area contributed by atoms with Crippen LogP contribution in [0.2, 0.25) is 5.02 Å². The van der Waals surface area contributed by atoms with E-state index in [0.717, 1.165) is 5.56 Å². The number of rotatable bonds is 4. The molecular formula is C18H16ClN3O3S. The molecule has 0 aliphatic carbocycles. The molecule has 0 unspecified atom stereocenters. The number of benzene rings is 2. The van der Waals surface area contributed by atoms with Crippen molar-refractivity contribution in [3.8, 4) is 5.75 Å². The van der Waals surface area contributed by atoms with E-state index in [2.05, 4.69) is 16.2 Å². The zero-order valence-electron chi connectivity index (χ0n) is 13.8. The predicted molar refractivity (Wildman–Crippen MR) is 105 cm³/mol. The van der Waals surface area contributed by atoms with E-state index >= 15 is 0 Å². The van der Waals surface area contributed by atoms with Gasteiger partial charge in [-0.2, -0.15) is 0 Å². The summed E-state index contributed by atoms with van der Waals surface area (Å²) in [6.45, 7) is 0. The number of methoxy groups -OCH3 is 1. The van der Waals surface area contributed by atoms with Crippen molar-refractivity contribution in [2.45, 2.75) is 0 Å². The molecule has 0 saturated carbocycles. The molecule has 134 valence electrons. The van der Waals surface area contributed by atoms with Crippen molar-refractivity contribution in [3.05, 3.63) is 70.8 Å². The summed E-state index contributed by atoms with van der Waals surface area (Å²) in [5, 5.41) is 2.91. The first-order chi connectivity index (χ1) is 12.5. The molecule has 0 aliphatic rings. The van der Waals surface area contributed by atoms with Crippen LogP contribution in [-0.4, -0.2) is 24.0 Å². The Hall–Kier alpha value is -2.90. The fourth-order valence-electron chi connectivity index (χ4n) is 1.94. The van der Waals surface area contributed by atoms with E-state index in [4.69, 9.17) is 28.6 Å². The van der Waals surface area contributed by atoms with Crippen LogP contribution >= 0.6 is 23.8 Å². The minimum absolute atomic E-state index is 0.0398. The molecule has 6 nitrogen and oxygen atoms in total. The van der Waals surface area contributed by atoms with Crippen LogP contribution in [-0.2, 0) is 4.79 Å². The Morgan fingerprint density at radius 3 is 2.46 bits per heavy atom. The highest BCUT2D eigenvalue weighted by molar-refractivity contribution is 7.80. The minimum Gasteiger partial charge on any atom is -0.496 e. The quantitative estimate of drug-likeness (QED) is 0.425. The third-order valence-electron chi connectivity index (χ3n) is 3.19. The lowest BCUT2D eigenvalue weighted by atomic mass is 10.2. The smallest absolute Gasteiger partial charge is 0.269 e. The summed E-state index contributed by atoms with van der Waals surface area (Å²) in [5.41, 5.74) is 5.98. The second-order valence-corrected chi connectivity index (χ2v) is 5.82. The number of halogens is 1. The fraction of sp³-hybridized carbons (Fsp3) is 0.0556. The number of carbonyl (C=O) groups is 2. The molecule has 2 aromatic rings. The minimum atomic E-state index is -0.450. The Balaban J connectivity index is 1.83. The molecule has 0 fully saturated rings. The number of nitrogens with one attached hydrogen (secondary N) is 3. The molecule has 0 aliphatic heterocycles. The van der Waals surface area contributed by atoms with Crippen LogP contribution in [0.25, 0.3) is 6.08 Å². The van der Waals surface area contributed by atoms with E-state index in [1.807, 2.05) is 18.2 Å². The summed E-state index contributed by atoms with van der Waals surface area (Å²) in [6.07, 6.45) is 2.91. The van der Waals surface area contributed by atoms with E-state index in [-0.39, 0.29) is 5.11 Å². The Morgan fingerprint density at radius 1 is 1.08 bits per heavy atom. The van der Waals surface area contributed by atoms with Gasteiger partial charge in [0, 0.05) is 22.2 Å². The topological polar surface area (TPSA) is 79.5 Å². The van der Waals surface area contributed by atoms with Crippen molar-refractivity contribution < 1.29 is 14.3 Å². The molecule has 2 amide bonds. The molecule has 2 rings (SSSR count). The van der Waals surface area contributed by atoms with Gasteiger partial charge in [-0.1, -0.05) is 29.8 Å². The van der Waals surface area contributed by atoms with Crippen LogP contribution in [0.1, 0.15) is 15.9 Å². The van der Waals surface area contributed by atoms with Crippen molar-refractivity contribution in [1.29, 1.82) is 0 Å². The molecular weight excluding hydrogens is 374 g/mol. The molecule has 8 heteroatoms. The molecule has 2 aromatic carbocycles. The normalized spacial score (nSPS) is 10.2. The van der Waals surface area contributed by atoms with Gasteiger partial charge in [0.05, 0.1) is 7.11 Å². The van der Waals surface area contributed by atoms with Gasteiger partial charge in [0.2, 0.25) is 5.91 Å². The highest BCUT2D eigenvalue weighted by Gasteiger charge is 2.06. The number of hydrazine groups is 1. The van der Waals surface area contributed by atoms with E-state index < -0.39 is 11.8 Å². The van der Waals surface area contributed by atoms with Crippen LogP contribution in [0.3, 0.4) is 0 Å². The lowest BCUT2D eigenvalue weighted by molar-refractivity contribution is -0.115. The zero-order valence-corrected chi connectivity index (χ0v) is 15.4. The first kappa shape index (κ1) is 19.4. The number of amides is 2. The van der Waals surface area contributed by atoms with E-state index in [1.54, 1.807) is 43.5 Å². The summed E-state index contributed by atoms with van der Waals surface area (Å²) >= 11 is 10.7. The Morgan fingerprint density at radius 2 is 1.77 bits per heavy atom. The number of carbonyl (C=O) groups excluding carboxylic acids is 2. The van der Waals surface area contributed by atoms with Gasteiger partial charge in [-0.25, -0.2) is 0 Å². The first-order valence-corrected chi connectivity index (χ1v) is 8.26. The molecule has 26 heavy (non-hydrogen) atoms. The van der Waals surface area contributed by atoms with E-state index in [9.17, 15) is 9.59 Å². The zero-order chi connectivity index (χ0) is 18.9. The van der Waals surface area contributed by atoms with Gasteiger partial charge >= 0.3 is 0 Å². The highest BCUT2D eigenvalue weighted by atomic mass is 35.5. The Kier molecular flexibility index (Phi) is 7.13. The molecule has 3 N–H and O–H groups in total. The number of hydrogen-bond acceptors (Lipinski definition) is 4. The standard InChI is InChI=1S/C18H16ClN3O3S/c1-25-15-5-3-2-4-12(15)8-11-16(23)20-18(26)22-21-17(24)13-6-9-14(19)10-7-13/h2-11H,1H3,(H,21,24)(H2,20,22,23,26)/b11-8+. The molecule has 0 aromatic heterocycles. The average Bonchev–Trinajstić information content (AvgIpc) is 2.65. The van der Waals surface area contributed by atoms with Gasteiger partial charge in [0.15, 0.2) is 5.11 Å². The van der Waals surface area contributed by atoms with Gasteiger partial charge in [-0.05, 0) is 48.6 Å². The lowest BCUT2D eigenvalue weighted by Crippen LogP contribution is -2.48. The maximum absolute atomic E-state index is 11.9. The molecule has 0 radical (unpaired) electrons. The molecule has 0 bridgehead atoms. The van der Waals surface area contributed by atoms with Gasteiger partial charge in [-0.15, -0.1) is 0 Å². The largest absolute Gasteiger partial charge is 0.496 e. The molecule has 0 atom stereocenters. The summed E-state index contributed by atoms with van der Waals surface area (Å²) in [6, 6.07) is 13.6. The fourth-order valence-corrected chi connectivity index (χ4v) is 2.22. The monoisotopic (exact) mass is 389 g/mol. The van der Waals surface area contributed by atoms with Crippen LogP contribution in [0, 0.1) is 0 Å². The first-order valence-electron chi connectivity index (χ1n) is 7.47. The van der Waals surface area contributed by atoms with Crippen LogP contribution in [0.15, 0.2) is 54.6 Å². The SMILES string of the molecule is COc1ccccc1/C=C/C(=O)NC(=S)NNC(=O)c1ccc(Cl)cc1. The highest BCUT2D eigenvalue weighted by Crippen LogP contribution is 2.18. The number of thiocarbonyl (C=S) groups is 1.